The summed E-state index contributed by atoms with van der Waals surface area (Å²) in [6, 6.07) is 11.5. The number of para-hydroxylation sites is 1. The van der Waals surface area contributed by atoms with Crippen LogP contribution in [0.5, 0.6) is 17.2 Å². The minimum absolute atomic E-state index is 0.0634. The Morgan fingerprint density at radius 1 is 1.09 bits per heavy atom. The number of halogens is 3. The molecule has 0 bridgehead atoms. The number of hydrogen-bond donors (Lipinski definition) is 0. The van der Waals surface area contributed by atoms with E-state index in [-0.39, 0.29) is 35.7 Å². The summed E-state index contributed by atoms with van der Waals surface area (Å²) in [6.07, 6.45) is -2.62. The van der Waals surface area contributed by atoms with Crippen LogP contribution in [0, 0.1) is 0 Å². The molecule has 0 aliphatic rings. The standard InChI is InChI=1S/C24H24F3NO5/c1-15(2)33-20-7-5-4-6-18(20)19(29)10-9-17-13-31-23(28-17)16-8-11-21(30-3)22(12-16)32-14-24(25,26)27/h4-8,11-13,15H,9-10,14H2,1-3H3. The van der Waals surface area contributed by atoms with Crippen LogP contribution in [0.3, 0.4) is 0 Å². The number of hydrogen-bond acceptors (Lipinski definition) is 6. The number of alkyl halides is 3. The van der Waals surface area contributed by atoms with Crippen LogP contribution in [0.25, 0.3) is 11.5 Å². The fraction of sp³-hybridized carbons (Fsp3) is 0.333. The van der Waals surface area contributed by atoms with Crippen LogP contribution >= 0.6 is 0 Å². The minimum atomic E-state index is -4.48. The molecule has 1 aromatic heterocycles. The van der Waals surface area contributed by atoms with Gasteiger partial charge in [0.25, 0.3) is 0 Å². The van der Waals surface area contributed by atoms with Crippen molar-refractivity contribution in [2.24, 2.45) is 0 Å². The number of ketones is 1. The van der Waals surface area contributed by atoms with Gasteiger partial charge in [-0.25, -0.2) is 4.98 Å². The molecule has 0 amide bonds. The molecule has 176 valence electrons. The van der Waals surface area contributed by atoms with E-state index in [9.17, 15) is 18.0 Å². The topological polar surface area (TPSA) is 70.8 Å². The summed E-state index contributed by atoms with van der Waals surface area (Å²) in [5.41, 5.74) is 1.45. The summed E-state index contributed by atoms with van der Waals surface area (Å²) in [5.74, 6) is 0.707. The molecular weight excluding hydrogens is 439 g/mol. The van der Waals surface area contributed by atoms with E-state index in [2.05, 4.69) is 4.98 Å². The lowest BCUT2D eigenvalue weighted by Crippen LogP contribution is -2.19. The summed E-state index contributed by atoms with van der Waals surface area (Å²) in [4.78, 5) is 17.1. The van der Waals surface area contributed by atoms with E-state index >= 15 is 0 Å². The first-order valence-corrected chi connectivity index (χ1v) is 10.3. The highest BCUT2D eigenvalue weighted by atomic mass is 19.4. The molecule has 0 N–H and O–H groups in total. The van der Waals surface area contributed by atoms with Gasteiger partial charge in [-0.05, 0) is 44.2 Å². The molecule has 1 heterocycles. The molecule has 0 saturated heterocycles. The zero-order valence-electron chi connectivity index (χ0n) is 18.4. The Morgan fingerprint density at radius 3 is 2.55 bits per heavy atom. The predicted octanol–water partition coefficient (Wildman–Crippen LogP) is 5.89. The van der Waals surface area contributed by atoms with Gasteiger partial charge in [0, 0.05) is 18.4 Å². The van der Waals surface area contributed by atoms with Gasteiger partial charge in [-0.2, -0.15) is 13.2 Å². The molecule has 0 atom stereocenters. The van der Waals surface area contributed by atoms with Gasteiger partial charge in [-0.15, -0.1) is 0 Å². The number of benzene rings is 2. The van der Waals surface area contributed by atoms with Crippen molar-refractivity contribution < 1.29 is 36.6 Å². The zero-order chi connectivity index (χ0) is 24.0. The molecular formula is C24H24F3NO5. The van der Waals surface area contributed by atoms with Crippen molar-refractivity contribution in [1.82, 2.24) is 4.98 Å². The zero-order valence-corrected chi connectivity index (χ0v) is 18.4. The Morgan fingerprint density at radius 2 is 1.85 bits per heavy atom. The highest BCUT2D eigenvalue weighted by Crippen LogP contribution is 2.33. The highest BCUT2D eigenvalue weighted by Gasteiger charge is 2.29. The Bertz CT molecular complexity index is 1090. The van der Waals surface area contributed by atoms with Crippen molar-refractivity contribution in [3.63, 3.8) is 0 Å². The molecule has 9 heteroatoms. The molecule has 0 aliphatic carbocycles. The van der Waals surface area contributed by atoms with E-state index in [1.807, 2.05) is 13.8 Å². The number of rotatable bonds is 10. The molecule has 0 radical (unpaired) electrons. The molecule has 3 rings (SSSR count). The fourth-order valence-corrected chi connectivity index (χ4v) is 3.07. The number of carbonyl (C=O) groups is 1. The number of nitrogens with zero attached hydrogens (tertiary/aromatic N) is 1. The number of aryl methyl sites for hydroxylation is 1. The number of methoxy groups -OCH3 is 1. The van der Waals surface area contributed by atoms with Crippen molar-refractivity contribution in [1.29, 1.82) is 0 Å². The maximum Gasteiger partial charge on any atom is 0.422 e. The van der Waals surface area contributed by atoms with Gasteiger partial charge in [-0.3, -0.25) is 4.79 Å². The Labute approximate surface area is 189 Å². The third kappa shape index (κ3) is 6.74. The Hall–Kier alpha value is -3.49. The predicted molar refractivity (Wildman–Crippen MR) is 115 cm³/mol. The monoisotopic (exact) mass is 463 g/mol. The van der Waals surface area contributed by atoms with E-state index in [1.165, 1.54) is 25.5 Å². The smallest absolute Gasteiger partial charge is 0.422 e. The molecule has 2 aromatic carbocycles. The number of oxazole rings is 1. The lowest BCUT2D eigenvalue weighted by atomic mass is 10.0. The molecule has 0 fully saturated rings. The summed E-state index contributed by atoms with van der Waals surface area (Å²) in [7, 11) is 1.33. The second kappa shape index (κ2) is 10.4. The van der Waals surface area contributed by atoms with Gasteiger partial charge in [0.05, 0.1) is 24.5 Å². The average Bonchev–Trinajstić information content (AvgIpc) is 3.24. The minimum Gasteiger partial charge on any atom is -0.493 e. The van der Waals surface area contributed by atoms with E-state index in [0.717, 1.165) is 0 Å². The third-order valence-electron chi connectivity index (χ3n) is 4.51. The van der Waals surface area contributed by atoms with Crippen LogP contribution in [0.1, 0.15) is 36.3 Å². The van der Waals surface area contributed by atoms with E-state index in [0.29, 0.717) is 29.0 Å². The molecule has 0 spiro atoms. The summed E-state index contributed by atoms with van der Waals surface area (Å²) in [6.45, 7) is 2.32. The molecule has 6 nitrogen and oxygen atoms in total. The lowest BCUT2D eigenvalue weighted by Gasteiger charge is -2.13. The van der Waals surface area contributed by atoms with Gasteiger partial charge >= 0.3 is 6.18 Å². The van der Waals surface area contributed by atoms with Gasteiger partial charge in [0.1, 0.15) is 12.0 Å². The van der Waals surface area contributed by atoms with E-state index < -0.39 is 12.8 Å². The van der Waals surface area contributed by atoms with Gasteiger partial charge in [0.15, 0.2) is 23.9 Å². The Kier molecular flexibility index (Phi) is 7.63. The fourth-order valence-electron chi connectivity index (χ4n) is 3.07. The first-order valence-electron chi connectivity index (χ1n) is 10.3. The first-order chi connectivity index (χ1) is 15.7. The quantitative estimate of drug-likeness (QED) is 0.349. The van der Waals surface area contributed by atoms with Crippen molar-refractivity contribution in [2.75, 3.05) is 13.7 Å². The maximum absolute atomic E-state index is 12.7. The number of Topliss-reactive ketones (excluding diaryl/α,β-unsaturated/α-hetero) is 1. The SMILES string of the molecule is COc1ccc(-c2nc(CCC(=O)c3ccccc3OC(C)C)co2)cc1OCC(F)(F)F. The number of ether oxygens (including phenoxy) is 3. The molecule has 0 saturated carbocycles. The maximum atomic E-state index is 12.7. The highest BCUT2D eigenvalue weighted by molar-refractivity contribution is 5.98. The summed E-state index contributed by atoms with van der Waals surface area (Å²) < 4.78 is 58.7. The van der Waals surface area contributed by atoms with Crippen molar-refractivity contribution in [2.45, 2.75) is 39.0 Å². The van der Waals surface area contributed by atoms with Crippen LogP contribution in [-0.4, -0.2) is 36.8 Å². The van der Waals surface area contributed by atoms with Crippen LogP contribution in [0.15, 0.2) is 53.1 Å². The molecule has 3 aromatic rings. The second-order valence-electron chi connectivity index (χ2n) is 7.50. The van der Waals surface area contributed by atoms with Crippen LogP contribution < -0.4 is 14.2 Å². The largest absolute Gasteiger partial charge is 0.493 e. The molecule has 33 heavy (non-hydrogen) atoms. The van der Waals surface area contributed by atoms with Gasteiger partial charge < -0.3 is 18.6 Å². The van der Waals surface area contributed by atoms with Gasteiger partial charge in [-0.1, -0.05) is 12.1 Å². The normalized spacial score (nSPS) is 11.5. The van der Waals surface area contributed by atoms with Crippen molar-refractivity contribution in [3.8, 4) is 28.7 Å². The van der Waals surface area contributed by atoms with Crippen molar-refractivity contribution >= 4 is 5.78 Å². The molecule has 0 unspecified atom stereocenters. The first kappa shape index (κ1) is 24.2. The lowest BCUT2D eigenvalue weighted by molar-refractivity contribution is -0.153. The third-order valence-corrected chi connectivity index (χ3v) is 4.51. The average molecular weight is 463 g/mol. The van der Waals surface area contributed by atoms with Gasteiger partial charge in [0.2, 0.25) is 5.89 Å². The number of carbonyl (C=O) groups excluding carboxylic acids is 1. The van der Waals surface area contributed by atoms with E-state index in [4.69, 9.17) is 18.6 Å². The van der Waals surface area contributed by atoms with E-state index in [1.54, 1.807) is 30.3 Å². The molecule has 0 aliphatic heterocycles. The second-order valence-corrected chi connectivity index (χ2v) is 7.50. The Balaban J connectivity index is 1.70. The van der Waals surface area contributed by atoms with Crippen LogP contribution in [0.2, 0.25) is 0 Å². The number of aromatic nitrogens is 1. The summed E-state index contributed by atoms with van der Waals surface area (Å²) >= 11 is 0. The van der Waals surface area contributed by atoms with Crippen LogP contribution in [0.4, 0.5) is 13.2 Å². The summed E-state index contributed by atoms with van der Waals surface area (Å²) in [5, 5.41) is 0. The van der Waals surface area contributed by atoms with Crippen molar-refractivity contribution in [3.05, 3.63) is 60.0 Å². The van der Waals surface area contributed by atoms with Crippen LogP contribution in [-0.2, 0) is 6.42 Å².